The molecule has 3 nitrogen and oxygen atoms in total. The van der Waals surface area contributed by atoms with Crippen molar-refractivity contribution in [3.05, 3.63) is 40.6 Å². The first-order valence-corrected chi connectivity index (χ1v) is 8.25. The first-order valence-electron chi connectivity index (χ1n) is 6.64. The van der Waals surface area contributed by atoms with Crippen molar-refractivity contribution in [2.24, 2.45) is 0 Å². The van der Waals surface area contributed by atoms with E-state index >= 15 is 0 Å². The summed E-state index contributed by atoms with van der Waals surface area (Å²) in [6.07, 6.45) is 1.63. The predicted octanol–water partition coefficient (Wildman–Crippen LogP) is 4.95. The van der Waals surface area contributed by atoms with E-state index in [1.807, 2.05) is 12.1 Å². The van der Waals surface area contributed by atoms with Crippen LogP contribution in [0.25, 0.3) is 0 Å². The number of nitrogens with zero attached hydrogens (tertiary/aromatic N) is 2. The lowest BCUT2D eigenvalue weighted by Gasteiger charge is -2.16. The Balaban J connectivity index is 2.38. The van der Waals surface area contributed by atoms with E-state index in [0.29, 0.717) is 5.92 Å². The molecule has 0 amide bonds. The number of aromatic nitrogens is 2. The zero-order valence-corrected chi connectivity index (χ0v) is 14.3. The molecule has 2 rings (SSSR count). The minimum atomic E-state index is 0.375. The summed E-state index contributed by atoms with van der Waals surface area (Å²) in [5, 5.41) is 4.34. The zero-order chi connectivity index (χ0) is 14.5. The van der Waals surface area contributed by atoms with Crippen LogP contribution >= 0.6 is 27.7 Å². The SMILES string of the molecule is CCNc1ncnc(Sc2cccc(Br)c2)c1C(C)C. The Morgan fingerprint density at radius 1 is 1.30 bits per heavy atom. The quantitative estimate of drug-likeness (QED) is 0.773. The van der Waals surface area contributed by atoms with Crippen molar-refractivity contribution in [1.82, 2.24) is 9.97 Å². The number of nitrogens with one attached hydrogen (secondary N) is 1. The third-order valence-corrected chi connectivity index (χ3v) is 4.28. The van der Waals surface area contributed by atoms with Crippen molar-refractivity contribution >= 4 is 33.5 Å². The number of benzene rings is 1. The largest absolute Gasteiger partial charge is 0.370 e. The maximum absolute atomic E-state index is 4.46. The molecule has 2 aromatic rings. The van der Waals surface area contributed by atoms with Gasteiger partial charge in [0.25, 0.3) is 0 Å². The molecule has 1 N–H and O–H groups in total. The highest BCUT2D eigenvalue weighted by Gasteiger charge is 2.15. The van der Waals surface area contributed by atoms with E-state index in [0.717, 1.165) is 21.9 Å². The van der Waals surface area contributed by atoms with E-state index in [-0.39, 0.29) is 0 Å². The molecule has 0 bridgehead atoms. The fraction of sp³-hybridized carbons (Fsp3) is 0.333. The lowest BCUT2D eigenvalue weighted by atomic mass is 10.1. The summed E-state index contributed by atoms with van der Waals surface area (Å²) in [7, 11) is 0. The summed E-state index contributed by atoms with van der Waals surface area (Å²) >= 11 is 5.18. The van der Waals surface area contributed by atoms with Crippen molar-refractivity contribution in [1.29, 1.82) is 0 Å². The van der Waals surface area contributed by atoms with Crippen molar-refractivity contribution < 1.29 is 0 Å². The van der Waals surface area contributed by atoms with Gasteiger partial charge in [0, 0.05) is 21.5 Å². The average Bonchev–Trinajstić information content (AvgIpc) is 2.39. The highest BCUT2D eigenvalue weighted by molar-refractivity contribution is 9.10. The van der Waals surface area contributed by atoms with Gasteiger partial charge in [0.1, 0.15) is 17.2 Å². The van der Waals surface area contributed by atoms with Gasteiger partial charge in [-0.1, -0.05) is 47.6 Å². The molecule has 0 spiro atoms. The van der Waals surface area contributed by atoms with E-state index in [4.69, 9.17) is 0 Å². The first kappa shape index (κ1) is 15.3. The van der Waals surface area contributed by atoms with Crippen LogP contribution in [-0.2, 0) is 0 Å². The van der Waals surface area contributed by atoms with Crippen molar-refractivity contribution in [3.63, 3.8) is 0 Å². The lowest BCUT2D eigenvalue weighted by Crippen LogP contribution is -2.07. The monoisotopic (exact) mass is 351 g/mol. The summed E-state index contributed by atoms with van der Waals surface area (Å²) in [6, 6.07) is 8.25. The molecular formula is C15H18BrN3S. The van der Waals surface area contributed by atoms with Gasteiger partial charge in [-0.3, -0.25) is 0 Å². The molecule has 106 valence electrons. The van der Waals surface area contributed by atoms with Crippen LogP contribution < -0.4 is 5.32 Å². The summed E-state index contributed by atoms with van der Waals surface area (Å²) in [6.45, 7) is 7.28. The number of hydrogen-bond donors (Lipinski definition) is 1. The molecule has 0 saturated heterocycles. The highest BCUT2D eigenvalue weighted by Crippen LogP contribution is 2.36. The van der Waals surface area contributed by atoms with Crippen LogP contribution in [0.3, 0.4) is 0 Å². The number of rotatable bonds is 5. The molecule has 20 heavy (non-hydrogen) atoms. The average molecular weight is 352 g/mol. The van der Waals surface area contributed by atoms with Crippen LogP contribution in [0.1, 0.15) is 32.3 Å². The Morgan fingerprint density at radius 2 is 2.10 bits per heavy atom. The highest BCUT2D eigenvalue weighted by atomic mass is 79.9. The van der Waals surface area contributed by atoms with Gasteiger partial charge in [-0.05, 0) is 31.0 Å². The molecule has 0 atom stereocenters. The Kier molecular flexibility index (Phi) is 5.43. The Labute approximate surface area is 132 Å². The number of hydrogen-bond acceptors (Lipinski definition) is 4. The predicted molar refractivity (Wildman–Crippen MR) is 88.5 cm³/mol. The van der Waals surface area contributed by atoms with Gasteiger partial charge in [-0.2, -0.15) is 0 Å². The van der Waals surface area contributed by atoms with Crippen LogP contribution in [0.5, 0.6) is 0 Å². The normalized spacial score (nSPS) is 10.8. The van der Waals surface area contributed by atoms with Gasteiger partial charge >= 0.3 is 0 Å². The van der Waals surface area contributed by atoms with Gasteiger partial charge in [0.05, 0.1) is 0 Å². The smallest absolute Gasteiger partial charge is 0.133 e. The standard InChI is InChI=1S/C15H18BrN3S/c1-4-17-14-13(10(2)3)15(19-9-18-14)20-12-7-5-6-11(16)8-12/h5-10H,4H2,1-3H3,(H,17,18,19). The maximum Gasteiger partial charge on any atom is 0.133 e. The van der Waals surface area contributed by atoms with Gasteiger partial charge in [-0.15, -0.1) is 0 Å². The molecule has 0 unspecified atom stereocenters. The first-order chi connectivity index (χ1) is 9.61. The summed E-state index contributed by atoms with van der Waals surface area (Å²) < 4.78 is 1.08. The van der Waals surface area contributed by atoms with Gasteiger partial charge in [0.2, 0.25) is 0 Å². The van der Waals surface area contributed by atoms with Crippen LogP contribution in [0.4, 0.5) is 5.82 Å². The topological polar surface area (TPSA) is 37.8 Å². The molecule has 0 aliphatic heterocycles. The van der Waals surface area contributed by atoms with Crippen LogP contribution in [0, 0.1) is 0 Å². The second-order valence-corrected chi connectivity index (χ2v) is 6.66. The molecule has 0 saturated carbocycles. The Hall–Kier alpha value is -1.07. The fourth-order valence-electron chi connectivity index (χ4n) is 1.93. The van der Waals surface area contributed by atoms with Crippen LogP contribution in [0.15, 0.2) is 45.0 Å². The lowest BCUT2D eigenvalue weighted by molar-refractivity contribution is 0.803. The second-order valence-electron chi connectivity index (χ2n) is 4.69. The number of halogens is 1. The van der Waals surface area contributed by atoms with Crippen molar-refractivity contribution in [2.75, 3.05) is 11.9 Å². The van der Waals surface area contributed by atoms with E-state index in [1.165, 1.54) is 10.5 Å². The zero-order valence-electron chi connectivity index (χ0n) is 11.9. The van der Waals surface area contributed by atoms with Crippen molar-refractivity contribution in [2.45, 2.75) is 36.6 Å². The fourth-order valence-corrected chi connectivity index (χ4v) is 3.58. The molecule has 1 aromatic carbocycles. The maximum atomic E-state index is 4.46. The Morgan fingerprint density at radius 3 is 2.75 bits per heavy atom. The molecule has 0 radical (unpaired) electrons. The summed E-state index contributed by atoms with van der Waals surface area (Å²) in [5.74, 6) is 1.31. The Bertz CT molecular complexity index is 587. The van der Waals surface area contributed by atoms with Crippen LogP contribution in [0.2, 0.25) is 0 Å². The van der Waals surface area contributed by atoms with Gasteiger partial charge in [0.15, 0.2) is 0 Å². The van der Waals surface area contributed by atoms with Gasteiger partial charge in [-0.25, -0.2) is 9.97 Å². The summed E-state index contributed by atoms with van der Waals surface area (Å²) in [4.78, 5) is 10.00. The summed E-state index contributed by atoms with van der Waals surface area (Å²) in [5.41, 5.74) is 1.18. The number of anilines is 1. The second kappa shape index (κ2) is 7.09. The molecular weight excluding hydrogens is 334 g/mol. The van der Waals surface area contributed by atoms with E-state index < -0.39 is 0 Å². The molecule has 1 heterocycles. The molecule has 0 aliphatic rings. The third-order valence-electron chi connectivity index (χ3n) is 2.78. The van der Waals surface area contributed by atoms with E-state index in [2.05, 4.69) is 64.1 Å². The molecule has 0 aliphatic carbocycles. The third kappa shape index (κ3) is 3.73. The van der Waals surface area contributed by atoms with E-state index in [9.17, 15) is 0 Å². The molecule has 0 fully saturated rings. The van der Waals surface area contributed by atoms with Gasteiger partial charge < -0.3 is 5.32 Å². The minimum absolute atomic E-state index is 0.375. The van der Waals surface area contributed by atoms with Crippen LogP contribution in [-0.4, -0.2) is 16.5 Å². The molecule has 5 heteroatoms. The van der Waals surface area contributed by atoms with E-state index in [1.54, 1.807) is 18.1 Å². The van der Waals surface area contributed by atoms with Crippen molar-refractivity contribution in [3.8, 4) is 0 Å². The molecule has 1 aromatic heterocycles. The minimum Gasteiger partial charge on any atom is -0.370 e.